The molecule has 2 amide bonds. The molecule has 6 nitrogen and oxygen atoms in total. The summed E-state index contributed by atoms with van der Waals surface area (Å²) in [5, 5.41) is 10.6. The third-order valence-electron chi connectivity index (χ3n) is 4.08. The number of piperidine rings is 1. The van der Waals surface area contributed by atoms with Crippen LogP contribution in [0.1, 0.15) is 31.0 Å². The zero-order chi connectivity index (χ0) is 19.6. The third-order valence-corrected chi connectivity index (χ3v) is 4.08. The summed E-state index contributed by atoms with van der Waals surface area (Å²) >= 11 is 0. The van der Waals surface area contributed by atoms with E-state index in [2.05, 4.69) is 5.32 Å². The van der Waals surface area contributed by atoms with Crippen molar-refractivity contribution in [1.82, 2.24) is 4.90 Å². The van der Waals surface area contributed by atoms with E-state index in [-0.39, 0.29) is 13.2 Å². The van der Waals surface area contributed by atoms with Crippen molar-refractivity contribution in [2.24, 2.45) is 0 Å². The average Bonchev–Trinajstić information content (AvgIpc) is 2.69. The molecule has 0 saturated carbocycles. The molecule has 0 bridgehead atoms. The van der Waals surface area contributed by atoms with Crippen molar-refractivity contribution >= 4 is 17.7 Å². The molecule has 2 aromatic rings. The average molecular weight is 376 g/mol. The van der Waals surface area contributed by atoms with Crippen LogP contribution in [0.5, 0.6) is 5.75 Å². The van der Waals surface area contributed by atoms with E-state index in [1.54, 1.807) is 43.5 Å². The number of hydrogen-bond acceptors (Lipinski definition) is 3. The summed E-state index contributed by atoms with van der Waals surface area (Å²) in [6.45, 7) is 1.66. The molecule has 1 aliphatic rings. The van der Waals surface area contributed by atoms with Crippen LogP contribution in [-0.2, 0) is 0 Å². The van der Waals surface area contributed by atoms with E-state index in [9.17, 15) is 14.0 Å². The summed E-state index contributed by atoms with van der Waals surface area (Å²) in [7, 11) is 1.56. The Morgan fingerprint density at radius 2 is 1.63 bits per heavy atom. The number of carboxylic acid groups (broad SMARTS) is 1. The fourth-order valence-electron chi connectivity index (χ4n) is 2.67. The Kier molecular flexibility index (Phi) is 7.61. The minimum absolute atomic E-state index is 0. The number of halogens is 1. The van der Waals surface area contributed by atoms with Gasteiger partial charge in [0.05, 0.1) is 7.11 Å². The second kappa shape index (κ2) is 10.2. The summed E-state index contributed by atoms with van der Waals surface area (Å²) in [4.78, 5) is 23.9. The van der Waals surface area contributed by atoms with E-state index in [0.717, 1.165) is 25.9 Å². The predicted molar refractivity (Wildman–Crippen MR) is 103 cm³/mol. The number of rotatable bonds is 3. The number of ether oxygens (including phenoxy) is 1. The maximum atomic E-state index is 12.7. The van der Waals surface area contributed by atoms with E-state index in [0.29, 0.717) is 17.0 Å². The number of nitrogens with zero attached hydrogens (tertiary/aromatic N) is 1. The standard InChI is InChI=1S/C12H14FNO.C8H9NO3.H2/c13-11-6-4-10(5-7-11)12(15)14-8-2-1-3-9-14;1-12-7-4-2-6(3-5-7)9-8(10)11;/h4-7H,1-3,8-9H2;2-5,9H,1H3,(H,10,11);1H. The van der Waals surface area contributed by atoms with Crippen LogP contribution in [0.4, 0.5) is 14.9 Å². The highest BCUT2D eigenvalue weighted by Gasteiger charge is 2.17. The highest BCUT2D eigenvalue weighted by molar-refractivity contribution is 5.94. The van der Waals surface area contributed by atoms with Gasteiger partial charge in [0.15, 0.2) is 0 Å². The predicted octanol–water partition coefficient (Wildman–Crippen LogP) is 4.48. The number of benzene rings is 2. The Labute approximate surface area is 159 Å². The number of nitrogens with one attached hydrogen (secondary N) is 1. The van der Waals surface area contributed by atoms with Gasteiger partial charge in [-0.05, 0) is 67.8 Å². The van der Waals surface area contributed by atoms with Crippen LogP contribution in [0.3, 0.4) is 0 Å². The van der Waals surface area contributed by atoms with Gasteiger partial charge in [0.2, 0.25) is 0 Å². The molecule has 1 heterocycles. The van der Waals surface area contributed by atoms with E-state index < -0.39 is 6.09 Å². The van der Waals surface area contributed by atoms with Crippen molar-refractivity contribution in [3.8, 4) is 5.75 Å². The molecule has 0 unspecified atom stereocenters. The van der Waals surface area contributed by atoms with Gasteiger partial charge in [-0.1, -0.05) is 0 Å². The normalized spacial score (nSPS) is 13.2. The van der Waals surface area contributed by atoms with Gasteiger partial charge in [0.1, 0.15) is 11.6 Å². The Balaban J connectivity index is 0.000000277. The van der Waals surface area contributed by atoms with Crippen molar-refractivity contribution in [2.45, 2.75) is 19.3 Å². The van der Waals surface area contributed by atoms with Gasteiger partial charge in [0.25, 0.3) is 5.91 Å². The lowest BCUT2D eigenvalue weighted by atomic mass is 10.1. The second-order valence-corrected chi connectivity index (χ2v) is 6.02. The van der Waals surface area contributed by atoms with E-state index in [1.807, 2.05) is 4.90 Å². The van der Waals surface area contributed by atoms with Crippen LogP contribution in [0.2, 0.25) is 0 Å². The lowest BCUT2D eigenvalue weighted by molar-refractivity contribution is 0.0724. The van der Waals surface area contributed by atoms with Gasteiger partial charge >= 0.3 is 6.09 Å². The molecule has 0 spiro atoms. The maximum absolute atomic E-state index is 12.7. The molecule has 1 aliphatic heterocycles. The van der Waals surface area contributed by atoms with Crippen molar-refractivity contribution in [1.29, 1.82) is 0 Å². The van der Waals surface area contributed by atoms with Crippen molar-refractivity contribution in [3.05, 3.63) is 59.9 Å². The van der Waals surface area contributed by atoms with Crippen molar-refractivity contribution in [2.75, 3.05) is 25.5 Å². The zero-order valence-electron chi connectivity index (χ0n) is 15.2. The lowest BCUT2D eigenvalue weighted by Crippen LogP contribution is -2.35. The Morgan fingerprint density at radius 3 is 2.15 bits per heavy atom. The highest BCUT2D eigenvalue weighted by atomic mass is 19.1. The van der Waals surface area contributed by atoms with Crippen LogP contribution < -0.4 is 10.1 Å². The number of anilines is 1. The summed E-state index contributed by atoms with van der Waals surface area (Å²) in [6, 6.07) is 12.4. The number of likely N-dealkylation sites (tertiary alicyclic amines) is 1. The summed E-state index contributed by atoms with van der Waals surface area (Å²) < 4.78 is 17.6. The van der Waals surface area contributed by atoms with Crippen LogP contribution >= 0.6 is 0 Å². The summed E-state index contributed by atoms with van der Waals surface area (Å²) in [5.41, 5.74) is 1.11. The fraction of sp³-hybridized carbons (Fsp3) is 0.300. The van der Waals surface area contributed by atoms with Gasteiger partial charge < -0.3 is 14.7 Å². The first-order chi connectivity index (χ1) is 13.0. The molecule has 2 aromatic carbocycles. The van der Waals surface area contributed by atoms with Gasteiger partial charge in [-0.2, -0.15) is 0 Å². The summed E-state index contributed by atoms with van der Waals surface area (Å²) in [5.74, 6) is 0.422. The molecular weight excluding hydrogens is 351 g/mol. The minimum Gasteiger partial charge on any atom is -0.497 e. The van der Waals surface area contributed by atoms with E-state index >= 15 is 0 Å². The molecule has 0 radical (unpaired) electrons. The zero-order valence-corrected chi connectivity index (χ0v) is 15.2. The Bertz CT molecular complexity index is 748. The molecule has 146 valence electrons. The van der Waals surface area contributed by atoms with Gasteiger partial charge in [-0.15, -0.1) is 0 Å². The third kappa shape index (κ3) is 6.62. The SMILES string of the molecule is COc1ccc(NC(=O)O)cc1.O=C(c1ccc(F)cc1)N1CCCCC1.[HH]. The molecule has 7 heteroatoms. The molecule has 2 N–H and O–H groups in total. The first kappa shape index (κ1) is 20.2. The smallest absolute Gasteiger partial charge is 0.409 e. The molecule has 0 atom stereocenters. The Hall–Kier alpha value is -3.09. The topological polar surface area (TPSA) is 78.9 Å². The highest BCUT2D eigenvalue weighted by Crippen LogP contribution is 2.15. The molecule has 0 aromatic heterocycles. The molecule has 3 rings (SSSR count). The van der Waals surface area contributed by atoms with Crippen LogP contribution in [0.25, 0.3) is 0 Å². The first-order valence-corrected chi connectivity index (χ1v) is 8.68. The van der Waals surface area contributed by atoms with Crippen molar-refractivity contribution in [3.63, 3.8) is 0 Å². The van der Waals surface area contributed by atoms with Crippen LogP contribution in [-0.4, -0.2) is 42.2 Å². The molecule has 1 saturated heterocycles. The molecule has 1 fully saturated rings. The van der Waals surface area contributed by atoms with Gasteiger partial charge in [-0.25, -0.2) is 9.18 Å². The van der Waals surface area contributed by atoms with Crippen LogP contribution in [0, 0.1) is 5.82 Å². The maximum Gasteiger partial charge on any atom is 0.409 e. The molecular formula is C20H25FN2O4. The quantitative estimate of drug-likeness (QED) is 0.828. The summed E-state index contributed by atoms with van der Waals surface area (Å²) in [6.07, 6.45) is 2.28. The Morgan fingerprint density at radius 1 is 1.04 bits per heavy atom. The number of amides is 2. The number of methoxy groups -OCH3 is 1. The molecule has 0 aliphatic carbocycles. The van der Waals surface area contributed by atoms with Crippen molar-refractivity contribution < 1.29 is 25.2 Å². The lowest BCUT2D eigenvalue weighted by Gasteiger charge is -2.26. The number of carbonyl (C=O) groups is 2. The second-order valence-electron chi connectivity index (χ2n) is 6.02. The van der Waals surface area contributed by atoms with Gasteiger partial charge in [-0.3, -0.25) is 10.1 Å². The van der Waals surface area contributed by atoms with E-state index in [1.165, 1.54) is 18.6 Å². The monoisotopic (exact) mass is 376 g/mol. The number of carbonyl (C=O) groups excluding carboxylic acids is 1. The number of hydrogen-bond donors (Lipinski definition) is 2. The van der Waals surface area contributed by atoms with E-state index in [4.69, 9.17) is 9.84 Å². The van der Waals surface area contributed by atoms with Gasteiger partial charge in [0, 0.05) is 25.8 Å². The fourth-order valence-corrected chi connectivity index (χ4v) is 2.67. The first-order valence-electron chi connectivity index (χ1n) is 8.68. The van der Waals surface area contributed by atoms with Crippen LogP contribution in [0.15, 0.2) is 48.5 Å². The minimum atomic E-state index is -1.07. The molecule has 27 heavy (non-hydrogen) atoms. The largest absolute Gasteiger partial charge is 0.497 e.